The lowest BCUT2D eigenvalue weighted by Gasteiger charge is -2.12. The maximum Gasteiger partial charge on any atom is 0.245 e. The zero-order valence-electron chi connectivity index (χ0n) is 12.4. The van der Waals surface area contributed by atoms with Gasteiger partial charge in [-0.05, 0) is 39.8 Å². The van der Waals surface area contributed by atoms with Gasteiger partial charge in [0.05, 0.1) is 12.6 Å². The predicted octanol–water partition coefficient (Wildman–Crippen LogP) is 2.33. The summed E-state index contributed by atoms with van der Waals surface area (Å²) in [4.78, 5) is -0.00220. The number of aryl methyl sites for hydroxylation is 3. The smallest absolute Gasteiger partial charge is 0.245 e. The van der Waals surface area contributed by atoms with E-state index in [0.29, 0.717) is 17.3 Å². The largest absolute Gasteiger partial charge is 0.465 e. The molecular formula is C14H19NO5S. The number of aliphatic hydroxyl groups is 1. The van der Waals surface area contributed by atoms with Crippen molar-refractivity contribution in [2.75, 3.05) is 0 Å². The van der Waals surface area contributed by atoms with Gasteiger partial charge in [-0.3, -0.25) is 0 Å². The quantitative estimate of drug-likeness (QED) is 0.883. The Hall–Kier alpha value is -1.57. The van der Waals surface area contributed by atoms with Crippen LogP contribution in [0.25, 0.3) is 0 Å². The fraction of sp³-hybridized carbons (Fsp3) is 0.429. The summed E-state index contributed by atoms with van der Waals surface area (Å²) in [5.74, 6) is 1.89. The molecule has 2 heterocycles. The molecule has 7 heteroatoms. The van der Waals surface area contributed by atoms with E-state index in [-0.39, 0.29) is 16.2 Å². The molecule has 2 rings (SSSR count). The Labute approximate surface area is 123 Å². The number of aliphatic hydroxyl groups excluding tert-OH is 1. The van der Waals surface area contributed by atoms with Crippen LogP contribution >= 0.6 is 0 Å². The van der Waals surface area contributed by atoms with Crippen molar-refractivity contribution in [3.8, 4) is 0 Å². The molecule has 2 N–H and O–H groups in total. The van der Waals surface area contributed by atoms with Crippen LogP contribution in [0.15, 0.2) is 25.9 Å². The van der Waals surface area contributed by atoms with Crippen LogP contribution < -0.4 is 4.72 Å². The first kappa shape index (κ1) is 15.8. The number of hydrogen-bond donors (Lipinski definition) is 2. The van der Waals surface area contributed by atoms with Crippen LogP contribution in [0.1, 0.15) is 41.6 Å². The molecule has 0 aliphatic heterocycles. The molecule has 0 aliphatic rings. The number of hydrogen-bond acceptors (Lipinski definition) is 5. The first-order valence-electron chi connectivity index (χ1n) is 6.54. The first-order valence-corrected chi connectivity index (χ1v) is 8.03. The molecule has 0 fully saturated rings. The van der Waals surface area contributed by atoms with Gasteiger partial charge in [0.1, 0.15) is 27.9 Å². The van der Waals surface area contributed by atoms with Crippen molar-refractivity contribution < 1.29 is 22.4 Å². The highest BCUT2D eigenvalue weighted by Gasteiger charge is 2.28. The molecule has 2 aromatic rings. The molecule has 0 saturated heterocycles. The summed E-state index contributed by atoms with van der Waals surface area (Å²) in [6, 6.07) is 2.97. The Morgan fingerprint density at radius 1 is 1.19 bits per heavy atom. The summed E-state index contributed by atoms with van der Waals surface area (Å²) in [5.41, 5.74) is 0.280. The summed E-state index contributed by atoms with van der Waals surface area (Å²) in [7, 11) is -3.81. The molecule has 0 saturated carbocycles. The van der Waals surface area contributed by atoms with Crippen molar-refractivity contribution in [2.24, 2.45) is 0 Å². The van der Waals surface area contributed by atoms with E-state index >= 15 is 0 Å². The molecule has 1 atom stereocenters. The van der Waals surface area contributed by atoms with E-state index in [1.807, 2.05) is 0 Å². The third kappa shape index (κ3) is 3.04. The minimum atomic E-state index is -3.81. The van der Waals surface area contributed by atoms with Gasteiger partial charge in [-0.25, -0.2) is 13.1 Å². The molecule has 0 bridgehead atoms. The molecule has 1 unspecified atom stereocenters. The van der Waals surface area contributed by atoms with Crippen molar-refractivity contribution in [3.63, 3.8) is 0 Å². The summed E-state index contributed by atoms with van der Waals surface area (Å²) < 4.78 is 38.3. The lowest BCUT2D eigenvalue weighted by molar-refractivity contribution is 0.276. The Kier molecular flexibility index (Phi) is 4.27. The van der Waals surface area contributed by atoms with Crippen LogP contribution in [0.2, 0.25) is 0 Å². The van der Waals surface area contributed by atoms with Crippen LogP contribution in [0, 0.1) is 20.8 Å². The van der Waals surface area contributed by atoms with Gasteiger partial charge in [0.15, 0.2) is 0 Å². The lowest BCUT2D eigenvalue weighted by Crippen LogP contribution is -2.27. The normalized spacial score (nSPS) is 13.6. The average Bonchev–Trinajstić information content (AvgIpc) is 2.92. The van der Waals surface area contributed by atoms with Crippen LogP contribution in [-0.2, 0) is 16.6 Å². The van der Waals surface area contributed by atoms with Crippen LogP contribution in [-0.4, -0.2) is 13.5 Å². The Morgan fingerprint density at radius 2 is 1.86 bits per heavy atom. The van der Waals surface area contributed by atoms with Gasteiger partial charge in [0.25, 0.3) is 0 Å². The fourth-order valence-corrected chi connectivity index (χ4v) is 3.93. The Bertz CT molecular complexity index is 742. The topological polar surface area (TPSA) is 92.7 Å². The monoisotopic (exact) mass is 313 g/mol. The first-order chi connectivity index (χ1) is 9.76. The highest BCUT2D eigenvalue weighted by molar-refractivity contribution is 7.89. The second kappa shape index (κ2) is 5.67. The van der Waals surface area contributed by atoms with Gasteiger partial charge in [0, 0.05) is 5.56 Å². The maximum absolute atomic E-state index is 12.5. The molecule has 0 aromatic carbocycles. The van der Waals surface area contributed by atoms with E-state index in [9.17, 15) is 13.5 Å². The summed E-state index contributed by atoms with van der Waals surface area (Å²) >= 11 is 0. The zero-order valence-corrected chi connectivity index (χ0v) is 13.2. The molecule has 2 aromatic heterocycles. The minimum Gasteiger partial charge on any atom is -0.465 e. The van der Waals surface area contributed by atoms with E-state index < -0.39 is 22.7 Å². The SMILES string of the molecule is Cc1ccc(C(C)NS(=O)(=O)c2c(C)oc(C)c2CO)o1. The van der Waals surface area contributed by atoms with Gasteiger partial charge in [0.2, 0.25) is 10.0 Å². The lowest BCUT2D eigenvalue weighted by atomic mass is 10.2. The average molecular weight is 313 g/mol. The van der Waals surface area contributed by atoms with Crippen molar-refractivity contribution in [3.05, 3.63) is 40.7 Å². The minimum absolute atomic E-state index is 0.00220. The van der Waals surface area contributed by atoms with E-state index in [1.54, 1.807) is 39.8 Å². The number of furan rings is 2. The third-order valence-electron chi connectivity index (χ3n) is 3.27. The highest BCUT2D eigenvalue weighted by atomic mass is 32.2. The summed E-state index contributed by atoms with van der Waals surface area (Å²) in [6.07, 6.45) is 0. The summed E-state index contributed by atoms with van der Waals surface area (Å²) in [6.45, 7) is 6.27. The molecule has 6 nitrogen and oxygen atoms in total. The van der Waals surface area contributed by atoms with Crippen molar-refractivity contribution >= 4 is 10.0 Å². The van der Waals surface area contributed by atoms with Gasteiger partial charge in [-0.15, -0.1) is 0 Å². The second-order valence-electron chi connectivity index (χ2n) is 4.97. The second-order valence-corrected chi connectivity index (χ2v) is 6.62. The molecule has 0 radical (unpaired) electrons. The molecule has 0 aliphatic carbocycles. The fourth-order valence-electron chi connectivity index (χ4n) is 2.28. The highest BCUT2D eigenvalue weighted by Crippen LogP contribution is 2.28. The Balaban J connectivity index is 2.35. The van der Waals surface area contributed by atoms with E-state index in [2.05, 4.69) is 4.72 Å². The molecule has 0 amide bonds. The van der Waals surface area contributed by atoms with Crippen molar-refractivity contribution in [1.82, 2.24) is 4.72 Å². The zero-order chi connectivity index (χ0) is 15.8. The van der Waals surface area contributed by atoms with E-state index in [1.165, 1.54) is 0 Å². The van der Waals surface area contributed by atoms with Gasteiger partial charge in [-0.1, -0.05) is 0 Å². The molecular weight excluding hydrogens is 294 g/mol. The molecule has 116 valence electrons. The van der Waals surface area contributed by atoms with Crippen LogP contribution in [0.5, 0.6) is 0 Å². The van der Waals surface area contributed by atoms with E-state index in [4.69, 9.17) is 8.83 Å². The number of sulfonamides is 1. The number of rotatable bonds is 5. The number of nitrogens with one attached hydrogen (secondary N) is 1. The van der Waals surface area contributed by atoms with Crippen molar-refractivity contribution in [2.45, 2.75) is 45.2 Å². The van der Waals surface area contributed by atoms with Gasteiger partial charge >= 0.3 is 0 Å². The van der Waals surface area contributed by atoms with Crippen molar-refractivity contribution in [1.29, 1.82) is 0 Å². The van der Waals surface area contributed by atoms with Crippen LogP contribution in [0.4, 0.5) is 0 Å². The van der Waals surface area contributed by atoms with Gasteiger partial charge in [-0.2, -0.15) is 0 Å². The predicted molar refractivity (Wildman–Crippen MR) is 76.3 cm³/mol. The van der Waals surface area contributed by atoms with Gasteiger partial charge < -0.3 is 13.9 Å². The molecule has 21 heavy (non-hydrogen) atoms. The Morgan fingerprint density at radius 3 is 2.38 bits per heavy atom. The maximum atomic E-state index is 12.5. The third-order valence-corrected chi connectivity index (χ3v) is 5.01. The standard InChI is InChI=1S/C14H19NO5S/c1-8-5-6-13(19-8)9(2)15-21(17,18)14-11(4)20-10(3)12(14)7-16/h5-6,9,15-16H,7H2,1-4H3. The summed E-state index contributed by atoms with van der Waals surface area (Å²) in [5, 5.41) is 9.36. The van der Waals surface area contributed by atoms with E-state index in [0.717, 1.165) is 0 Å². The molecule has 0 spiro atoms. The van der Waals surface area contributed by atoms with Crippen LogP contribution in [0.3, 0.4) is 0 Å².